The largest absolute Gasteiger partial charge is 0.231 e. The van der Waals surface area contributed by atoms with Gasteiger partial charge in [0.1, 0.15) is 0 Å². The standard InChI is InChI=1S/C24H23BrCl2N2/c1-16-22(13-7-17-5-3-2-4-6-17)28-29(23-14-12-20(26)15-21(23)27)24(16)18-8-10-19(25)11-9-18/h7-15,17H,2-6H2,1H3/b13-7+. The fourth-order valence-corrected chi connectivity index (χ4v) is 4.75. The quantitative estimate of drug-likeness (QED) is 0.359. The summed E-state index contributed by atoms with van der Waals surface area (Å²) < 4.78 is 2.99. The summed E-state index contributed by atoms with van der Waals surface area (Å²) >= 11 is 16.2. The Balaban J connectivity index is 1.81. The smallest absolute Gasteiger partial charge is 0.0888 e. The van der Waals surface area contributed by atoms with Crippen molar-refractivity contribution in [2.45, 2.75) is 39.0 Å². The molecule has 1 aromatic heterocycles. The number of rotatable bonds is 4. The summed E-state index contributed by atoms with van der Waals surface area (Å²) in [6.45, 7) is 2.13. The van der Waals surface area contributed by atoms with Crippen LogP contribution in [0.1, 0.15) is 43.4 Å². The van der Waals surface area contributed by atoms with E-state index in [1.54, 1.807) is 6.07 Å². The average Bonchev–Trinajstić information content (AvgIpc) is 3.04. The van der Waals surface area contributed by atoms with Crippen LogP contribution in [-0.2, 0) is 0 Å². The summed E-state index contributed by atoms with van der Waals surface area (Å²) in [6, 6.07) is 13.8. The topological polar surface area (TPSA) is 17.8 Å². The fourth-order valence-electron chi connectivity index (χ4n) is 4.00. The molecular weight excluding hydrogens is 467 g/mol. The summed E-state index contributed by atoms with van der Waals surface area (Å²) in [6.07, 6.45) is 11.1. The van der Waals surface area contributed by atoms with Crippen molar-refractivity contribution in [2.75, 3.05) is 0 Å². The van der Waals surface area contributed by atoms with Crippen molar-refractivity contribution in [1.82, 2.24) is 9.78 Å². The van der Waals surface area contributed by atoms with Gasteiger partial charge in [-0.1, -0.05) is 76.6 Å². The predicted molar refractivity (Wildman–Crippen MR) is 127 cm³/mol. The zero-order valence-corrected chi connectivity index (χ0v) is 19.4. The van der Waals surface area contributed by atoms with Gasteiger partial charge < -0.3 is 0 Å². The van der Waals surface area contributed by atoms with Gasteiger partial charge in [0.25, 0.3) is 0 Å². The molecule has 0 spiro atoms. The van der Waals surface area contributed by atoms with Crippen LogP contribution >= 0.6 is 39.1 Å². The van der Waals surface area contributed by atoms with Gasteiger partial charge in [-0.05, 0) is 62.1 Å². The highest BCUT2D eigenvalue weighted by Gasteiger charge is 2.18. The molecule has 1 fully saturated rings. The van der Waals surface area contributed by atoms with E-state index >= 15 is 0 Å². The average molecular weight is 490 g/mol. The van der Waals surface area contributed by atoms with E-state index in [4.69, 9.17) is 28.3 Å². The molecule has 4 rings (SSSR count). The van der Waals surface area contributed by atoms with Crippen LogP contribution in [0.25, 0.3) is 23.0 Å². The number of hydrogen-bond donors (Lipinski definition) is 0. The van der Waals surface area contributed by atoms with Crippen LogP contribution < -0.4 is 0 Å². The van der Waals surface area contributed by atoms with Gasteiger partial charge in [0.05, 0.1) is 22.1 Å². The minimum absolute atomic E-state index is 0.584. The molecule has 1 saturated carbocycles. The molecule has 2 nitrogen and oxygen atoms in total. The molecule has 0 radical (unpaired) electrons. The van der Waals surface area contributed by atoms with Gasteiger partial charge in [-0.25, -0.2) is 4.68 Å². The first-order valence-corrected chi connectivity index (χ1v) is 11.6. The minimum Gasteiger partial charge on any atom is -0.231 e. The predicted octanol–water partition coefficient (Wildman–Crippen LogP) is 8.51. The number of benzene rings is 2. The Bertz CT molecular complexity index is 1030. The molecule has 0 bridgehead atoms. The number of nitrogens with zero attached hydrogens (tertiary/aromatic N) is 2. The SMILES string of the molecule is Cc1c(/C=C/C2CCCCC2)nn(-c2ccc(Cl)cc2Cl)c1-c1ccc(Br)cc1. The molecule has 0 unspecified atom stereocenters. The molecule has 1 heterocycles. The van der Waals surface area contributed by atoms with E-state index in [0.717, 1.165) is 32.7 Å². The summed E-state index contributed by atoms with van der Waals surface area (Å²) in [5, 5.41) is 6.14. The van der Waals surface area contributed by atoms with E-state index in [0.29, 0.717) is 16.0 Å². The summed E-state index contributed by atoms with van der Waals surface area (Å²) in [4.78, 5) is 0. The van der Waals surface area contributed by atoms with Gasteiger partial charge >= 0.3 is 0 Å². The van der Waals surface area contributed by atoms with Crippen LogP contribution in [0.4, 0.5) is 0 Å². The van der Waals surface area contributed by atoms with Crippen LogP contribution in [0.15, 0.2) is 53.0 Å². The normalized spacial score (nSPS) is 15.3. The van der Waals surface area contributed by atoms with Gasteiger partial charge in [0, 0.05) is 20.6 Å². The lowest BCUT2D eigenvalue weighted by molar-refractivity contribution is 0.420. The maximum atomic E-state index is 6.54. The maximum absolute atomic E-state index is 6.54. The Hall–Kier alpha value is -1.55. The minimum atomic E-state index is 0.584. The van der Waals surface area contributed by atoms with Crippen molar-refractivity contribution in [1.29, 1.82) is 0 Å². The van der Waals surface area contributed by atoms with Crippen LogP contribution in [0.5, 0.6) is 0 Å². The van der Waals surface area contributed by atoms with Crippen molar-refractivity contribution in [3.05, 3.63) is 74.3 Å². The second-order valence-corrected chi connectivity index (χ2v) is 9.39. The highest BCUT2D eigenvalue weighted by Crippen LogP contribution is 2.34. The first-order chi connectivity index (χ1) is 14.0. The Labute approximate surface area is 190 Å². The summed E-state index contributed by atoms with van der Waals surface area (Å²) in [5.41, 5.74) is 5.10. The lowest BCUT2D eigenvalue weighted by Gasteiger charge is -2.17. The third-order valence-electron chi connectivity index (χ3n) is 5.59. The fraction of sp³-hybridized carbons (Fsp3) is 0.292. The Morgan fingerprint density at radius 3 is 2.45 bits per heavy atom. The van der Waals surface area contributed by atoms with E-state index in [1.807, 2.05) is 28.9 Å². The molecular formula is C24H23BrCl2N2. The lowest BCUT2D eigenvalue weighted by Crippen LogP contribution is -2.02. The molecule has 150 valence electrons. The second-order valence-electron chi connectivity index (χ2n) is 7.63. The second kappa shape index (κ2) is 9.07. The van der Waals surface area contributed by atoms with Crippen LogP contribution in [-0.4, -0.2) is 9.78 Å². The summed E-state index contributed by atoms with van der Waals surface area (Å²) in [7, 11) is 0. The van der Waals surface area contributed by atoms with Gasteiger partial charge in [-0.3, -0.25) is 0 Å². The molecule has 0 saturated heterocycles. The molecule has 5 heteroatoms. The van der Waals surface area contributed by atoms with Crippen LogP contribution in [0.2, 0.25) is 10.0 Å². The zero-order chi connectivity index (χ0) is 20.4. The Morgan fingerprint density at radius 1 is 1.03 bits per heavy atom. The zero-order valence-electron chi connectivity index (χ0n) is 16.3. The molecule has 0 N–H and O–H groups in total. The maximum Gasteiger partial charge on any atom is 0.0888 e. The van der Waals surface area contributed by atoms with Gasteiger partial charge in [0.2, 0.25) is 0 Å². The van der Waals surface area contributed by atoms with Gasteiger partial charge in [-0.2, -0.15) is 5.10 Å². The summed E-state index contributed by atoms with van der Waals surface area (Å²) in [5.74, 6) is 0.656. The lowest BCUT2D eigenvalue weighted by atomic mass is 9.89. The monoisotopic (exact) mass is 488 g/mol. The van der Waals surface area contributed by atoms with Gasteiger partial charge in [-0.15, -0.1) is 0 Å². The third kappa shape index (κ3) is 4.63. The molecule has 29 heavy (non-hydrogen) atoms. The van der Waals surface area contributed by atoms with E-state index in [9.17, 15) is 0 Å². The molecule has 0 aliphatic heterocycles. The van der Waals surface area contributed by atoms with Crippen molar-refractivity contribution < 1.29 is 0 Å². The number of allylic oxidation sites excluding steroid dienone is 1. The molecule has 2 aromatic carbocycles. The van der Waals surface area contributed by atoms with Crippen molar-refractivity contribution in [3.8, 4) is 16.9 Å². The first kappa shape index (κ1) is 20.7. The van der Waals surface area contributed by atoms with E-state index in [2.05, 4.69) is 47.1 Å². The Kier molecular flexibility index (Phi) is 6.48. The molecule has 3 aromatic rings. The van der Waals surface area contributed by atoms with Gasteiger partial charge in [0.15, 0.2) is 0 Å². The highest BCUT2D eigenvalue weighted by atomic mass is 79.9. The number of halogens is 3. The number of hydrogen-bond acceptors (Lipinski definition) is 1. The van der Waals surface area contributed by atoms with E-state index in [-0.39, 0.29) is 0 Å². The molecule has 1 aliphatic rings. The van der Waals surface area contributed by atoms with Crippen LogP contribution in [0, 0.1) is 12.8 Å². The third-order valence-corrected chi connectivity index (χ3v) is 6.66. The molecule has 0 amide bonds. The van der Waals surface area contributed by atoms with Crippen molar-refractivity contribution in [2.24, 2.45) is 5.92 Å². The highest BCUT2D eigenvalue weighted by molar-refractivity contribution is 9.10. The van der Waals surface area contributed by atoms with Crippen LogP contribution in [0.3, 0.4) is 0 Å². The van der Waals surface area contributed by atoms with E-state index in [1.165, 1.54) is 32.1 Å². The molecule has 1 aliphatic carbocycles. The first-order valence-electron chi connectivity index (χ1n) is 10.0. The van der Waals surface area contributed by atoms with Crippen molar-refractivity contribution >= 4 is 45.2 Å². The van der Waals surface area contributed by atoms with E-state index < -0.39 is 0 Å². The van der Waals surface area contributed by atoms with Crippen molar-refractivity contribution in [3.63, 3.8) is 0 Å². The number of aromatic nitrogens is 2. The Morgan fingerprint density at radius 2 is 1.76 bits per heavy atom. The molecule has 0 atom stereocenters.